The van der Waals surface area contributed by atoms with Gasteiger partial charge in [0.2, 0.25) is 0 Å². The maximum atomic E-state index is 11.0. The molecule has 0 bridgehead atoms. The summed E-state index contributed by atoms with van der Waals surface area (Å²) in [6.07, 6.45) is 2.09. The summed E-state index contributed by atoms with van der Waals surface area (Å²) in [6.45, 7) is 4.83. The van der Waals surface area contributed by atoms with Gasteiger partial charge in [-0.05, 0) is 45.5 Å². The van der Waals surface area contributed by atoms with Crippen LogP contribution < -0.4 is 0 Å². The highest BCUT2D eigenvalue weighted by atomic mass is 16.4. The SMILES string of the molecule is CC(C(=O)O)N(C)C1CCN(Cc2ccccc2)CC1. The van der Waals surface area contributed by atoms with E-state index in [-0.39, 0.29) is 0 Å². The lowest BCUT2D eigenvalue weighted by Crippen LogP contribution is -2.48. The van der Waals surface area contributed by atoms with Gasteiger partial charge in [-0.2, -0.15) is 0 Å². The van der Waals surface area contributed by atoms with Crippen LogP contribution in [0.1, 0.15) is 25.3 Å². The highest BCUT2D eigenvalue weighted by Gasteiger charge is 2.27. The molecule has 1 aromatic rings. The Bertz CT molecular complexity index is 427. The number of hydrogen-bond acceptors (Lipinski definition) is 3. The summed E-state index contributed by atoms with van der Waals surface area (Å²) in [4.78, 5) is 15.5. The first-order valence-electron chi connectivity index (χ1n) is 7.29. The summed E-state index contributed by atoms with van der Waals surface area (Å²) < 4.78 is 0. The molecule has 0 amide bonds. The Kier molecular flexibility index (Phi) is 5.15. The third-order valence-electron chi connectivity index (χ3n) is 4.35. The fraction of sp³-hybridized carbons (Fsp3) is 0.562. The van der Waals surface area contributed by atoms with E-state index < -0.39 is 12.0 Å². The first-order chi connectivity index (χ1) is 9.58. The zero-order valence-corrected chi connectivity index (χ0v) is 12.3. The Hall–Kier alpha value is -1.39. The first-order valence-corrected chi connectivity index (χ1v) is 7.29. The summed E-state index contributed by atoms with van der Waals surface area (Å²) >= 11 is 0. The van der Waals surface area contributed by atoms with Gasteiger partial charge in [-0.1, -0.05) is 30.3 Å². The second-order valence-electron chi connectivity index (χ2n) is 5.67. The Balaban J connectivity index is 1.82. The number of hydrogen-bond donors (Lipinski definition) is 1. The third-order valence-corrected chi connectivity index (χ3v) is 4.35. The highest BCUT2D eigenvalue weighted by Crippen LogP contribution is 2.19. The third kappa shape index (κ3) is 3.81. The number of likely N-dealkylation sites (N-methyl/N-ethyl adjacent to an activating group) is 1. The lowest BCUT2D eigenvalue weighted by atomic mass is 10.0. The Morgan fingerprint density at radius 3 is 2.50 bits per heavy atom. The number of carbonyl (C=O) groups is 1. The van der Waals surface area contributed by atoms with Crippen molar-refractivity contribution in [2.45, 2.75) is 38.4 Å². The fourth-order valence-corrected chi connectivity index (χ4v) is 2.82. The van der Waals surface area contributed by atoms with Crippen LogP contribution in [0.5, 0.6) is 0 Å². The van der Waals surface area contributed by atoms with Crippen molar-refractivity contribution in [3.63, 3.8) is 0 Å². The normalized spacial score (nSPS) is 19.1. The minimum absolute atomic E-state index is 0.383. The molecule has 20 heavy (non-hydrogen) atoms. The van der Waals surface area contributed by atoms with Crippen LogP contribution in [0.4, 0.5) is 0 Å². The van der Waals surface area contributed by atoms with Crippen molar-refractivity contribution in [3.05, 3.63) is 35.9 Å². The minimum Gasteiger partial charge on any atom is -0.480 e. The maximum Gasteiger partial charge on any atom is 0.320 e. The van der Waals surface area contributed by atoms with Crippen LogP contribution in [0.25, 0.3) is 0 Å². The number of piperidine rings is 1. The quantitative estimate of drug-likeness (QED) is 0.894. The number of carboxylic acid groups (broad SMARTS) is 1. The van der Waals surface area contributed by atoms with Crippen LogP contribution in [-0.4, -0.2) is 53.1 Å². The molecule has 1 unspecified atom stereocenters. The number of aliphatic carboxylic acids is 1. The summed E-state index contributed by atoms with van der Waals surface area (Å²) in [5.74, 6) is -0.737. The zero-order chi connectivity index (χ0) is 14.5. The monoisotopic (exact) mass is 276 g/mol. The van der Waals surface area contributed by atoms with E-state index in [2.05, 4.69) is 29.2 Å². The van der Waals surface area contributed by atoms with E-state index in [0.29, 0.717) is 6.04 Å². The molecular formula is C16H24N2O2. The molecule has 2 rings (SSSR count). The molecule has 0 radical (unpaired) electrons. The van der Waals surface area contributed by atoms with Crippen molar-refractivity contribution in [3.8, 4) is 0 Å². The highest BCUT2D eigenvalue weighted by molar-refractivity contribution is 5.72. The second kappa shape index (κ2) is 6.86. The molecule has 0 aromatic heterocycles. The predicted octanol–water partition coefficient (Wildman–Crippen LogP) is 2.06. The standard InChI is InChI=1S/C16H24N2O2/c1-13(16(19)20)17(2)15-8-10-18(11-9-15)12-14-6-4-3-5-7-14/h3-7,13,15H,8-12H2,1-2H3,(H,19,20). The zero-order valence-electron chi connectivity index (χ0n) is 12.3. The molecule has 0 spiro atoms. The molecule has 1 atom stereocenters. The summed E-state index contributed by atoms with van der Waals surface area (Å²) in [6, 6.07) is 10.5. The van der Waals surface area contributed by atoms with Crippen molar-refractivity contribution < 1.29 is 9.90 Å². The van der Waals surface area contributed by atoms with E-state index >= 15 is 0 Å². The fourth-order valence-electron chi connectivity index (χ4n) is 2.82. The first kappa shape index (κ1) is 15.0. The van der Waals surface area contributed by atoms with Crippen molar-refractivity contribution >= 4 is 5.97 Å². The number of benzene rings is 1. The number of carboxylic acids is 1. The van der Waals surface area contributed by atoms with Gasteiger partial charge in [-0.3, -0.25) is 14.6 Å². The van der Waals surface area contributed by atoms with Gasteiger partial charge in [-0.15, -0.1) is 0 Å². The van der Waals surface area contributed by atoms with Crippen LogP contribution in [0.15, 0.2) is 30.3 Å². The lowest BCUT2D eigenvalue weighted by Gasteiger charge is -2.38. The van der Waals surface area contributed by atoms with Crippen molar-refractivity contribution in [1.29, 1.82) is 0 Å². The average Bonchev–Trinajstić information content (AvgIpc) is 2.47. The van der Waals surface area contributed by atoms with Gasteiger partial charge < -0.3 is 5.11 Å². The van der Waals surface area contributed by atoms with Gasteiger partial charge in [0.05, 0.1) is 0 Å². The molecule has 1 heterocycles. The van der Waals surface area contributed by atoms with E-state index in [1.54, 1.807) is 6.92 Å². The molecule has 4 heteroatoms. The van der Waals surface area contributed by atoms with E-state index in [9.17, 15) is 4.79 Å². The van der Waals surface area contributed by atoms with E-state index in [0.717, 1.165) is 32.5 Å². The Labute approximate surface area is 121 Å². The number of rotatable bonds is 5. The molecule has 1 aromatic carbocycles. The molecule has 1 aliphatic heterocycles. The second-order valence-corrected chi connectivity index (χ2v) is 5.67. The Morgan fingerprint density at radius 1 is 1.35 bits per heavy atom. The van der Waals surface area contributed by atoms with Gasteiger partial charge in [-0.25, -0.2) is 0 Å². The number of nitrogens with zero attached hydrogens (tertiary/aromatic N) is 2. The molecule has 1 aliphatic rings. The summed E-state index contributed by atoms with van der Waals surface area (Å²) in [5.41, 5.74) is 1.35. The predicted molar refractivity (Wildman–Crippen MR) is 79.6 cm³/mol. The molecule has 0 saturated carbocycles. The molecule has 1 N–H and O–H groups in total. The van der Waals surface area contributed by atoms with E-state index in [1.807, 2.05) is 18.0 Å². The van der Waals surface area contributed by atoms with Crippen molar-refractivity contribution in [2.75, 3.05) is 20.1 Å². The topological polar surface area (TPSA) is 43.8 Å². The molecule has 1 saturated heterocycles. The number of likely N-dealkylation sites (tertiary alicyclic amines) is 1. The summed E-state index contributed by atoms with van der Waals surface area (Å²) in [7, 11) is 1.93. The molecule has 110 valence electrons. The molecular weight excluding hydrogens is 252 g/mol. The van der Waals surface area contributed by atoms with E-state index in [4.69, 9.17) is 5.11 Å². The van der Waals surface area contributed by atoms with Gasteiger partial charge in [0.1, 0.15) is 6.04 Å². The smallest absolute Gasteiger partial charge is 0.320 e. The molecule has 4 nitrogen and oxygen atoms in total. The molecule has 0 aliphatic carbocycles. The lowest BCUT2D eigenvalue weighted by molar-refractivity contribution is -0.143. The van der Waals surface area contributed by atoms with Gasteiger partial charge >= 0.3 is 5.97 Å². The van der Waals surface area contributed by atoms with Gasteiger partial charge in [0.15, 0.2) is 0 Å². The van der Waals surface area contributed by atoms with Gasteiger partial charge in [0, 0.05) is 12.6 Å². The van der Waals surface area contributed by atoms with Crippen LogP contribution in [-0.2, 0) is 11.3 Å². The van der Waals surface area contributed by atoms with Crippen LogP contribution in [0.2, 0.25) is 0 Å². The van der Waals surface area contributed by atoms with Crippen LogP contribution in [0.3, 0.4) is 0 Å². The largest absolute Gasteiger partial charge is 0.480 e. The van der Waals surface area contributed by atoms with Crippen LogP contribution in [0, 0.1) is 0 Å². The maximum absolute atomic E-state index is 11.0. The average molecular weight is 276 g/mol. The van der Waals surface area contributed by atoms with Crippen molar-refractivity contribution in [2.24, 2.45) is 0 Å². The molecule has 1 fully saturated rings. The minimum atomic E-state index is -0.737. The Morgan fingerprint density at radius 2 is 1.95 bits per heavy atom. The van der Waals surface area contributed by atoms with E-state index in [1.165, 1.54) is 5.56 Å². The van der Waals surface area contributed by atoms with Crippen molar-refractivity contribution in [1.82, 2.24) is 9.80 Å². The summed E-state index contributed by atoms with van der Waals surface area (Å²) in [5, 5.41) is 9.08. The van der Waals surface area contributed by atoms with Gasteiger partial charge in [0.25, 0.3) is 0 Å². The van der Waals surface area contributed by atoms with Crippen LogP contribution >= 0.6 is 0 Å².